The predicted octanol–water partition coefficient (Wildman–Crippen LogP) is 3.82. The van der Waals surface area contributed by atoms with Crippen LogP contribution in [0, 0.1) is 0 Å². The van der Waals surface area contributed by atoms with Gasteiger partial charge in [0, 0.05) is 10.6 Å². The quantitative estimate of drug-likeness (QED) is 0.375. The molecule has 0 aromatic heterocycles. The van der Waals surface area contributed by atoms with Crippen LogP contribution in [0.1, 0.15) is 15.9 Å². The van der Waals surface area contributed by atoms with E-state index in [0.29, 0.717) is 22.1 Å². The highest BCUT2D eigenvalue weighted by Gasteiger charge is 2.18. The van der Waals surface area contributed by atoms with Crippen molar-refractivity contribution in [3.63, 3.8) is 0 Å². The van der Waals surface area contributed by atoms with Crippen molar-refractivity contribution in [3.05, 3.63) is 81.8 Å². The first-order chi connectivity index (χ1) is 16.6. The Morgan fingerprint density at radius 1 is 0.886 bits per heavy atom. The van der Waals surface area contributed by atoms with E-state index in [1.165, 1.54) is 50.6 Å². The van der Waals surface area contributed by atoms with Crippen LogP contribution in [-0.2, 0) is 21.2 Å². The number of hydrogen-bond acceptors (Lipinski definition) is 6. The fraction of sp³-hybridized carbons (Fsp3) is 0.130. The molecule has 0 aliphatic rings. The van der Waals surface area contributed by atoms with Crippen LogP contribution < -0.4 is 25.0 Å². The van der Waals surface area contributed by atoms with E-state index < -0.39 is 21.8 Å². The Balaban J connectivity index is 1.65. The van der Waals surface area contributed by atoms with Gasteiger partial charge in [-0.05, 0) is 54.1 Å². The third kappa shape index (κ3) is 6.78. The molecule has 0 radical (unpaired) electrons. The first-order valence-corrected chi connectivity index (χ1v) is 12.2. The molecule has 3 rings (SSSR count). The number of nitrogens with one attached hydrogen (secondary N) is 3. The Labute approximate surface area is 212 Å². The van der Waals surface area contributed by atoms with Gasteiger partial charge in [0.2, 0.25) is 5.91 Å². The molecule has 0 fully saturated rings. The monoisotopic (exact) mass is 537 g/mol. The molecule has 0 saturated carbocycles. The second kappa shape index (κ2) is 11.3. The molecule has 2 amide bonds. The number of rotatable bonds is 8. The summed E-state index contributed by atoms with van der Waals surface area (Å²) in [7, 11) is -1.09. The maximum Gasteiger partial charge on any atom is 0.269 e. The van der Waals surface area contributed by atoms with E-state index in [9.17, 15) is 18.0 Å². The average molecular weight is 538 g/mol. The van der Waals surface area contributed by atoms with Crippen LogP contribution in [0.5, 0.6) is 11.5 Å². The zero-order valence-electron chi connectivity index (χ0n) is 18.6. The summed E-state index contributed by atoms with van der Waals surface area (Å²) >= 11 is 11.9. The summed E-state index contributed by atoms with van der Waals surface area (Å²) in [6, 6.07) is 14.6. The molecule has 0 unspecified atom stereocenters. The standard InChI is InChI=1S/C23H21Cl2N3O6S/c1-33-20-9-6-14(10-21(20)34-2)11-22(29)26-27-23(30)15-4-3-5-17(12-15)35(31,32)28-19-13-16(24)7-8-18(19)25/h3-10,12-13,28H,11H2,1-2H3,(H,26,29)(H,27,30). The molecule has 0 atom stereocenters. The summed E-state index contributed by atoms with van der Waals surface area (Å²) in [5, 5.41) is 0.452. The number of carbonyl (C=O) groups excluding carboxylic acids is 2. The van der Waals surface area contributed by atoms with E-state index in [1.54, 1.807) is 18.2 Å². The molecule has 3 aromatic carbocycles. The molecule has 0 aliphatic carbocycles. The number of carbonyl (C=O) groups is 2. The van der Waals surface area contributed by atoms with E-state index in [4.69, 9.17) is 32.7 Å². The van der Waals surface area contributed by atoms with Crippen LogP contribution >= 0.6 is 23.2 Å². The van der Waals surface area contributed by atoms with Crippen molar-refractivity contribution in [2.45, 2.75) is 11.3 Å². The smallest absolute Gasteiger partial charge is 0.269 e. The number of hydrazine groups is 1. The Morgan fingerprint density at radius 2 is 1.63 bits per heavy atom. The maximum absolute atomic E-state index is 12.8. The normalized spacial score (nSPS) is 10.9. The molecule has 0 bridgehead atoms. The van der Waals surface area contributed by atoms with E-state index in [1.807, 2.05) is 0 Å². The van der Waals surface area contributed by atoms with Gasteiger partial charge >= 0.3 is 0 Å². The minimum atomic E-state index is -4.08. The van der Waals surface area contributed by atoms with Gasteiger partial charge in [-0.25, -0.2) is 8.42 Å². The van der Waals surface area contributed by atoms with Crippen LogP contribution in [0.2, 0.25) is 10.0 Å². The Hall–Kier alpha value is -3.47. The summed E-state index contributed by atoms with van der Waals surface area (Å²) in [6.45, 7) is 0. The van der Waals surface area contributed by atoms with Crippen LogP contribution in [0.15, 0.2) is 65.6 Å². The summed E-state index contributed by atoms with van der Waals surface area (Å²) < 4.78 is 38.3. The highest BCUT2D eigenvalue weighted by molar-refractivity contribution is 7.92. The third-order valence-corrected chi connectivity index (χ3v) is 6.64. The second-order valence-electron chi connectivity index (χ2n) is 7.13. The molecule has 184 valence electrons. The fourth-order valence-electron chi connectivity index (χ4n) is 3.00. The van der Waals surface area contributed by atoms with Gasteiger partial charge in [0.05, 0.1) is 36.2 Å². The van der Waals surface area contributed by atoms with E-state index in [-0.39, 0.29) is 27.6 Å². The van der Waals surface area contributed by atoms with Crippen molar-refractivity contribution in [1.82, 2.24) is 10.9 Å². The predicted molar refractivity (Wildman–Crippen MR) is 133 cm³/mol. The van der Waals surface area contributed by atoms with Crippen LogP contribution in [0.3, 0.4) is 0 Å². The van der Waals surface area contributed by atoms with Gasteiger partial charge in [-0.2, -0.15) is 0 Å². The van der Waals surface area contributed by atoms with Gasteiger partial charge in [0.15, 0.2) is 11.5 Å². The van der Waals surface area contributed by atoms with Crippen molar-refractivity contribution >= 4 is 50.7 Å². The lowest BCUT2D eigenvalue weighted by atomic mass is 10.1. The first-order valence-electron chi connectivity index (χ1n) is 10.0. The van der Waals surface area contributed by atoms with Gasteiger partial charge in [0.1, 0.15) is 0 Å². The fourth-order valence-corrected chi connectivity index (χ4v) is 4.51. The van der Waals surface area contributed by atoms with Crippen molar-refractivity contribution in [3.8, 4) is 11.5 Å². The van der Waals surface area contributed by atoms with Crippen LogP contribution in [0.25, 0.3) is 0 Å². The van der Waals surface area contributed by atoms with Crippen LogP contribution in [-0.4, -0.2) is 34.5 Å². The van der Waals surface area contributed by atoms with Crippen molar-refractivity contribution in [2.24, 2.45) is 0 Å². The molecule has 3 N–H and O–H groups in total. The summed E-state index contributed by atoms with van der Waals surface area (Å²) in [4.78, 5) is 24.6. The lowest BCUT2D eigenvalue weighted by Gasteiger charge is -2.12. The second-order valence-corrected chi connectivity index (χ2v) is 9.65. The van der Waals surface area contributed by atoms with Crippen LogP contribution in [0.4, 0.5) is 5.69 Å². The van der Waals surface area contributed by atoms with Gasteiger partial charge < -0.3 is 9.47 Å². The van der Waals surface area contributed by atoms with Gasteiger partial charge in [0.25, 0.3) is 15.9 Å². The summed E-state index contributed by atoms with van der Waals surface area (Å²) in [5.74, 6) is -0.213. The topological polar surface area (TPSA) is 123 Å². The summed E-state index contributed by atoms with van der Waals surface area (Å²) in [5.41, 5.74) is 5.30. The van der Waals surface area contributed by atoms with Gasteiger partial charge in [-0.15, -0.1) is 0 Å². The summed E-state index contributed by atoms with van der Waals surface area (Å²) in [6.07, 6.45) is -0.0423. The highest BCUT2D eigenvalue weighted by atomic mass is 35.5. The first kappa shape index (κ1) is 26.1. The third-order valence-electron chi connectivity index (χ3n) is 4.71. The molecule has 0 spiro atoms. The number of benzene rings is 3. The Bertz CT molecular complexity index is 1370. The number of ether oxygens (including phenoxy) is 2. The number of halogens is 2. The molecule has 12 heteroatoms. The molecule has 35 heavy (non-hydrogen) atoms. The Morgan fingerprint density at radius 3 is 2.34 bits per heavy atom. The Kier molecular flexibility index (Phi) is 8.44. The van der Waals surface area contributed by atoms with Crippen molar-refractivity contribution < 1.29 is 27.5 Å². The molecular weight excluding hydrogens is 517 g/mol. The SMILES string of the molecule is COc1ccc(CC(=O)NNC(=O)c2cccc(S(=O)(=O)Nc3cc(Cl)ccc3Cl)c2)cc1OC. The number of methoxy groups -OCH3 is 2. The van der Waals surface area contributed by atoms with Crippen molar-refractivity contribution in [2.75, 3.05) is 18.9 Å². The number of sulfonamides is 1. The molecule has 3 aromatic rings. The maximum atomic E-state index is 12.8. The molecular formula is C23H21Cl2N3O6S. The molecule has 0 heterocycles. The number of hydrogen-bond donors (Lipinski definition) is 3. The van der Waals surface area contributed by atoms with E-state index >= 15 is 0 Å². The molecule has 9 nitrogen and oxygen atoms in total. The minimum absolute atomic E-state index is 0.0106. The largest absolute Gasteiger partial charge is 0.493 e. The zero-order chi connectivity index (χ0) is 25.6. The number of amides is 2. The lowest BCUT2D eigenvalue weighted by Crippen LogP contribution is -2.42. The average Bonchev–Trinajstić information content (AvgIpc) is 2.84. The highest BCUT2D eigenvalue weighted by Crippen LogP contribution is 2.28. The minimum Gasteiger partial charge on any atom is -0.493 e. The number of anilines is 1. The van der Waals surface area contributed by atoms with Gasteiger partial charge in [-0.1, -0.05) is 35.3 Å². The lowest BCUT2D eigenvalue weighted by molar-refractivity contribution is -0.121. The van der Waals surface area contributed by atoms with E-state index in [2.05, 4.69) is 15.6 Å². The van der Waals surface area contributed by atoms with Crippen molar-refractivity contribution in [1.29, 1.82) is 0 Å². The van der Waals surface area contributed by atoms with Gasteiger partial charge in [-0.3, -0.25) is 25.2 Å². The zero-order valence-corrected chi connectivity index (χ0v) is 20.9. The van der Waals surface area contributed by atoms with E-state index in [0.717, 1.165) is 6.07 Å². The molecule has 0 aliphatic heterocycles. The molecule has 0 saturated heterocycles.